The average Bonchev–Trinajstić information content (AvgIpc) is 3.19. The standard InChI is InChI=1S/C29H21N3O6/c33-27(19-12-14-22(15-13-19)32(36)37)25-26(31(29(35)28(25)34)18-21-8-4-5-16-30-21)20-7-6-11-24(17-20)38-23-9-2-1-3-10-23/h1-17,26,33H,18H2/b27-25+. The largest absolute Gasteiger partial charge is 0.507 e. The van der Waals surface area contributed by atoms with Crippen molar-refractivity contribution in [3.05, 3.63) is 136 Å². The maximum atomic E-state index is 13.3. The summed E-state index contributed by atoms with van der Waals surface area (Å²) in [7, 11) is 0. The van der Waals surface area contributed by atoms with E-state index in [0.717, 1.165) is 0 Å². The monoisotopic (exact) mass is 507 g/mol. The van der Waals surface area contributed by atoms with E-state index in [9.17, 15) is 24.8 Å². The van der Waals surface area contributed by atoms with Crippen LogP contribution in [0.3, 0.4) is 0 Å². The highest BCUT2D eigenvalue weighted by Gasteiger charge is 2.46. The molecule has 9 nitrogen and oxygen atoms in total. The van der Waals surface area contributed by atoms with Gasteiger partial charge >= 0.3 is 0 Å². The number of non-ortho nitro benzene ring substituents is 1. The Morgan fingerprint density at radius 3 is 2.32 bits per heavy atom. The number of hydrogen-bond acceptors (Lipinski definition) is 7. The van der Waals surface area contributed by atoms with Gasteiger partial charge in [-0.3, -0.25) is 24.7 Å². The molecule has 4 aromatic rings. The summed E-state index contributed by atoms with van der Waals surface area (Å²) in [5.74, 6) is -0.999. The van der Waals surface area contributed by atoms with E-state index in [2.05, 4.69) is 4.98 Å². The van der Waals surface area contributed by atoms with Crippen LogP contribution in [0.2, 0.25) is 0 Å². The molecule has 38 heavy (non-hydrogen) atoms. The summed E-state index contributed by atoms with van der Waals surface area (Å²) >= 11 is 0. The SMILES string of the molecule is O=C1C(=O)N(Cc2ccccn2)C(c2cccc(Oc3ccccc3)c2)/C1=C(\O)c1ccc([N+](=O)[O-])cc1. The highest BCUT2D eigenvalue weighted by Crippen LogP contribution is 2.41. The summed E-state index contributed by atoms with van der Waals surface area (Å²) in [5, 5.41) is 22.3. The van der Waals surface area contributed by atoms with E-state index in [1.807, 2.05) is 18.2 Å². The number of aliphatic hydroxyl groups is 1. The van der Waals surface area contributed by atoms with Crippen molar-refractivity contribution in [2.75, 3.05) is 0 Å². The number of aromatic nitrogens is 1. The van der Waals surface area contributed by atoms with Crippen molar-refractivity contribution in [3.63, 3.8) is 0 Å². The van der Waals surface area contributed by atoms with Crippen LogP contribution in [0.15, 0.2) is 109 Å². The van der Waals surface area contributed by atoms with Crippen molar-refractivity contribution in [3.8, 4) is 11.5 Å². The number of Topliss-reactive ketones (excluding diaryl/α,β-unsaturated/α-hetero) is 1. The quantitative estimate of drug-likeness (QED) is 0.117. The van der Waals surface area contributed by atoms with E-state index in [1.54, 1.807) is 60.8 Å². The molecule has 1 amide bonds. The van der Waals surface area contributed by atoms with Gasteiger partial charge in [-0.15, -0.1) is 0 Å². The lowest BCUT2D eigenvalue weighted by Gasteiger charge is -2.25. The van der Waals surface area contributed by atoms with Crippen molar-refractivity contribution >= 4 is 23.1 Å². The highest BCUT2D eigenvalue weighted by molar-refractivity contribution is 6.46. The van der Waals surface area contributed by atoms with Crippen molar-refractivity contribution < 1.29 is 24.4 Å². The number of nitro groups is 1. The van der Waals surface area contributed by atoms with Crippen molar-refractivity contribution in [2.45, 2.75) is 12.6 Å². The second-order valence-corrected chi connectivity index (χ2v) is 8.54. The lowest BCUT2D eigenvalue weighted by molar-refractivity contribution is -0.384. The Morgan fingerprint density at radius 1 is 0.921 bits per heavy atom. The Balaban J connectivity index is 1.61. The fourth-order valence-electron chi connectivity index (χ4n) is 4.33. The minimum atomic E-state index is -0.952. The molecular formula is C29H21N3O6. The number of pyridine rings is 1. The lowest BCUT2D eigenvalue weighted by Crippen LogP contribution is -2.29. The van der Waals surface area contributed by atoms with Gasteiger partial charge in [0.1, 0.15) is 17.3 Å². The number of rotatable bonds is 7. The first-order valence-electron chi connectivity index (χ1n) is 11.7. The minimum Gasteiger partial charge on any atom is -0.507 e. The van der Waals surface area contributed by atoms with Crippen molar-refractivity contribution in [2.24, 2.45) is 0 Å². The molecule has 0 bridgehead atoms. The predicted molar refractivity (Wildman–Crippen MR) is 138 cm³/mol. The van der Waals surface area contributed by atoms with E-state index >= 15 is 0 Å². The molecule has 1 saturated heterocycles. The Kier molecular flexibility index (Phi) is 6.65. The number of nitrogens with zero attached hydrogens (tertiary/aromatic N) is 3. The molecular weight excluding hydrogens is 486 g/mol. The molecule has 0 spiro atoms. The summed E-state index contributed by atoms with van der Waals surface area (Å²) in [6.07, 6.45) is 1.59. The van der Waals surface area contributed by atoms with Gasteiger partial charge in [0, 0.05) is 23.9 Å². The maximum absolute atomic E-state index is 13.3. The Morgan fingerprint density at radius 2 is 1.63 bits per heavy atom. The van der Waals surface area contributed by atoms with Crippen LogP contribution in [0.25, 0.3) is 5.76 Å². The van der Waals surface area contributed by atoms with Gasteiger partial charge in [0.25, 0.3) is 17.4 Å². The third-order valence-electron chi connectivity index (χ3n) is 6.10. The van der Waals surface area contributed by atoms with Crippen LogP contribution in [0, 0.1) is 10.1 Å². The molecule has 2 heterocycles. The van der Waals surface area contributed by atoms with Gasteiger partial charge in [-0.2, -0.15) is 0 Å². The summed E-state index contributed by atoms with van der Waals surface area (Å²) in [5.41, 5.74) is 0.979. The molecule has 1 unspecified atom stereocenters. The molecule has 5 rings (SSSR count). The zero-order valence-electron chi connectivity index (χ0n) is 19.9. The maximum Gasteiger partial charge on any atom is 0.296 e. The van der Waals surface area contributed by atoms with E-state index in [-0.39, 0.29) is 23.4 Å². The second kappa shape index (κ2) is 10.4. The number of ether oxygens (including phenoxy) is 1. The zero-order chi connectivity index (χ0) is 26.6. The summed E-state index contributed by atoms with van der Waals surface area (Å²) in [4.78, 5) is 42.7. The topological polar surface area (TPSA) is 123 Å². The van der Waals surface area contributed by atoms with Gasteiger partial charge in [-0.05, 0) is 54.1 Å². The van der Waals surface area contributed by atoms with Crippen LogP contribution in [0.1, 0.15) is 22.9 Å². The number of benzene rings is 3. The van der Waals surface area contributed by atoms with E-state index < -0.39 is 28.4 Å². The number of likely N-dealkylation sites (tertiary alicyclic amines) is 1. The second-order valence-electron chi connectivity index (χ2n) is 8.54. The number of aliphatic hydroxyl groups excluding tert-OH is 1. The van der Waals surface area contributed by atoms with Crippen LogP contribution >= 0.6 is 0 Å². The van der Waals surface area contributed by atoms with E-state index in [4.69, 9.17) is 4.74 Å². The lowest BCUT2D eigenvalue weighted by atomic mass is 9.95. The molecule has 1 aliphatic heterocycles. The van der Waals surface area contributed by atoms with Gasteiger partial charge in [0.15, 0.2) is 0 Å². The normalized spacial score (nSPS) is 16.4. The van der Waals surface area contributed by atoms with Crippen molar-refractivity contribution in [1.82, 2.24) is 9.88 Å². The highest BCUT2D eigenvalue weighted by atomic mass is 16.6. The fraction of sp³-hybridized carbons (Fsp3) is 0.0690. The molecule has 1 atom stereocenters. The number of nitro benzene ring substituents is 1. The van der Waals surface area contributed by atoms with Crippen LogP contribution in [0.4, 0.5) is 5.69 Å². The van der Waals surface area contributed by atoms with E-state index in [0.29, 0.717) is 22.8 Å². The average molecular weight is 508 g/mol. The summed E-state index contributed by atoms with van der Waals surface area (Å²) < 4.78 is 5.96. The molecule has 188 valence electrons. The first kappa shape index (κ1) is 24.4. The first-order chi connectivity index (χ1) is 18.4. The summed E-state index contributed by atoms with van der Waals surface area (Å²) in [6, 6.07) is 25.5. The molecule has 1 N–H and O–H groups in total. The Bertz CT molecular complexity index is 1540. The minimum absolute atomic E-state index is 0.0247. The van der Waals surface area contributed by atoms with E-state index in [1.165, 1.54) is 29.2 Å². The number of para-hydroxylation sites is 1. The van der Waals surface area contributed by atoms with Crippen LogP contribution in [0.5, 0.6) is 11.5 Å². The third kappa shape index (κ3) is 4.85. The molecule has 0 aliphatic carbocycles. The summed E-state index contributed by atoms with van der Waals surface area (Å²) in [6.45, 7) is 0.0247. The number of amides is 1. The fourth-order valence-corrected chi connectivity index (χ4v) is 4.33. The first-order valence-corrected chi connectivity index (χ1v) is 11.7. The molecule has 0 saturated carbocycles. The molecule has 3 aromatic carbocycles. The zero-order valence-corrected chi connectivity index (χ0v) is 19.9. The van der Waals surface area contributed by atoms with Gasteiger partial charge in [0.05, 0.1) is 28.8 Å². The molecule has 1 aliphatic rings. The van der Waals surface area contributed by atoms with Gasteiger partial charge in [0.2, 0.25) is 0 Å². The molecule has 1 aromatic heterocycles. The number of hydrogen-bond donors (Lipinski definition) is 1. The predicted octanol–water partition coefficient (Wildman–Crippen LogP) is 5.40. The van der Waals surface area contributed by atoms with Crippen LogP contribution in [-0.2, 0) is 16.1 Å². The van der Waals surface area contributed by atoms with Gasteiger partial charge in [-0.25, -0.2) is 0 Å². The van der Waals surface area contributed by atoms with Gasteiger partial charge < -0.3 is 14.7 Å². The Labute approximate surface area is 217 Å². The molecule has 9 heteroatoms. The smallest absolute Gasteiger partial charge is 0.296 e. The number of ketones is 1. The van der Waals surface area contributed by atoms with Crippen LogP contribution in [-0.4, -0.2) is 31.6 Å². The number of carbonyl (C=O) groups is 2. The molecule has 1 fully saturated rings. The van der Waals surface area contributed by atoms with Crippen molar-refractivity contribution in [1.29, 1.82) is 0 Å². The van der Waals surface area contributed by atoms with Crippen LogP contribution < -0.4 is 4.74 Å². The Hall–Kier alpha value is -5.31. The molecule has 0 radical (unpaired) electrons. The number of carbonyl (C=O) groups excluding carboxylic acids is 2. The third-order valence-corrected chi connectivity index (χ3v) is 6.10. The van der Waals surface area contributed by atoms with Gasteiger partial charge in [-0.1, -0.05) is 36.4 Å².